The number of nitrogens with zero attached hydrogens (tertiary/aromatic N) is 2. The molecule has 2 bridgehead atoms. The summed E-state index contributed by atoms with van der Waals surface area (Å²) in [6, 6.07) is 16.2. The fourth-order valence-corrected chi connectivity index (χ4v) is 9.16. The maximum atomic E-state index is 14.1. The average Bonchev–Trinajstić information content (AvgIpc) is 3.62. The number of hydrogen-bond donors (Lipinski definition) is 3. The van der Waals surface area contributed by atoms with E-state index in [-0.39, 0.29) is 29.6 Å². The Morgan fingerprint density at radius 2 is 1.77 bits per heavy atom. The number of rotatable bonds is 11. The van der Waals surface area contributed by atoms with Crippen LogP contribution in [0.2, 0.25) is 0 Å². The SMILES string of the molecule is CC[C@@H](CO)N1C(=O)[C@@H]2[C@@H](C(=O)NCc3ccccc3)[C@H]3CCC2(S3)C1C(=O)Nc1ccc(N(CC)CC)cc1. The van der Waals surface area contributed by atoms with Crippen molar-refractivity contribution in [2.75, 3.05) is 29.9 Å². The lowest BCUT2D eigenvalue weighted by Crippen LogP contribution is -2.54. The van der Waals surface area contributed by atoms with E-state index in [0.29, 0.717) is 25.1 Å². The number of aliphatic hydroxyl groups is 1. The van der Waals surface area contributed by atoms with Crippen molar-refractivity contribution < 1.29 is 19.5 Å². The van der Waals surface area contributed by atoms with Crippen molar-refractivity contribution >= 4 is 40.9 Å². The van der Waals surface area contributed by atoms with Crippen LogP contribution in [-0.4, -0.2) is 69.5 Å². The molecule has 0 radical (unpaired) electrons. The van der Waals surface area contributed by atoms with Crippen molar-refractivity contribution in [3.05, 3.63) is 60.2 Å². The van der Waals surface area contributed by atoms with Gasteiger partial charge in [-0.2, -0.15) is 0 Å². The summed E-state index contributed by atoms with van der Waals surface area (Å²) in [6.07, 6.45) is 1.99. The molecule has 0 aromatic heterocycles. The smallest absolute Gasteiger partial charge is 0.248 e. The zero-order valence-corrected chi connectivity index (χ0v) is 24.3. The minimum absolute atomic E-state index is 0.00951. The maximum absolute atomic E-state index is 14.1. The average molecular weight is 565 g/mol. The van der Waals surface area contributed by atoms with E-state index >= 15 is 0 Å². The third-order valence-corrected chi connectivity index (χ3v) is 10.9. The molecule has 3 aliphatic heterocycles. The van der Waals surface area contributed by atoms with E-state index in [4.69, 9.17) is 0 Å². The van der Waals surface area contributed by atoms with Gasteiger partial charge in [0.1, 0.15) is 6.04 Å². The Morgan fingerprint density at radius 1 is 1.07 bits per heavy atom. The number of benzene rings is 2. The molecule has 1 spiro atoms. The van der Waals surface area contributed by atoms with Crippen molar-refractivity contribution in [3.8, 4) is 0 Å². The molecule has 3 heterocycles. The summed E-state index contributed by atoms with van der Waals surface area (Å²) < 4.78 is -0.690. The number of fused-ring (bicyclic) bond motifs is 1. The van der Waals surface area contributed by atoms with E-state index in [9.17, 15) is 19.5 Å². The molecule has 2 unspecified atom stereocenters. The van der Waals surface area contributed by atoms with Crippen LogP contribution in [-0.2, 0) is 20.9 Å². The Morgan fingerprint density at radius 3 is 2.40 bits per heavy atom. The van der Waals surface area contributed by atoms with Crippen LogP contribution in [0.4, 0.5) is 11.4 Å². The summed E-state index contributed by atoms with van der Waals surface area (Å²) in [7, 11) is 0. The van der Waals surface area contributed by atoms with Crippen molar-refractivity contribution in [1.29, 1.82) is 0 Å². The van der Waals surface area contributed by atoms with Crippen molar-refractivity contribution in [2.24, 2.45) is 11.8 Å². The first-order valence-corrected chi connectivity index (χ1v) is 15.3. The zero-order valence-electron chi connectivity index (χ0n) is 23.5. The number of carbonyl (C=O) groups excluding carboxylic acids is 3. The first-order valence-electron chi connectivity index (χ1n) is 14.5. The van der Waals surface area contributed by atoms with Crippen molar-refractivity contribution in [3.63, 3.8) is 0 Å². The standard InChI is InChI=1S/C31H40N4O4S/c1-4-22(19-36)35-27(29(38)33-21-12-14-23(15-13-21)34(5-2)6-3)31-17-16-24(40-31)25(26(31)30(35)39)28(37)32-18-20-10-8-7-9-11-20/h7-15,22,24-27,36H,4-6,16-19H2,1-3H3,(H,32,37)(H,33,38)/t22-,24+,25-,26-,27?,31?/m0/s1. The molecular weight excluding hydrogens is 524 g/mol. The van der Waals surface area contributed by atoms with E-state index in [1.165, 1.54) is 0 Å². The summed E-state index contributed by atoms with van der Waals surface area (Å²) in [5.74, 6) is -1.66. The molecule has 3 N–H and O–H groups in total. The third kappa shape index (κ3) is 4.87. The predicted octanol–water partition coefficient (Wildman–Crippen LogP) is 3.65. The first-order chi connectivity index (χ1) is 19.4. The van der Waals surface area contributed by atoms with Gasteiger partial charge in [0.25, 0.3) is 0 Å². The van der Waals surface area contributed by atoms with E-state index in [0.717, 1.165) is 30.8 Å². The molecule has 2 aromatic rings. The van der Waals surface area contributed by atoms with Crippen molar-refractivity contribution in [2.45, 2.75) is 68.7 Å². The molecule has 6 atom stereocenters. The second-order valence-electron chi connectivity index (χ2n) is 11.0. The second kappa shape index (κ2) is 11.8. The molecule has 0 saturated carbocycles. The fraction of sp³-hybridized carbons (Fsp3) is 0.516. The van der Waals surface area contributed by atoms with Gasteiger partial charge < -0.3 is 25.5 Å². The highest BCUT2D eigenvalue weighted by atomic mass is 32.2. The van der Waals surface area contributed by atoms with E-state index in [2.05, 4.69) is 29.4 Å². The Labute approximate surface area is 240 Å². The molecule has 2 aromatic carbocycles. The monoisotopic (exact) mass is 564 g/mol. The zero-order chi connectivity index (χ0) is 28.4. The summed E-state index contributed by atoms with van der Waals surface area (Å²) in [4.78, 5) is 45.6. The largest absolute Gasteiger partial charge is 0.394 e. The molecule has 9 heteroatoms. The maximum Gasteiger partial charge on any atom is 0.248 e. The number of likely N-dealkylation sites (tertiary alicyclic amines) is 1. The van der Waals surface area contributed by atoms with Gasteiger partial charge in [0.2, 0.25) is 17.7 Å². The number of anilines is 2. The minimum Gasteiger partial charge on any atom is -0.394 e. The van der Waals surface area contributed by atoms with Gasteiger partial charge in [-0.15, -0.1) is 11.8 Å². The van der Waals surface area contributed by atoms with Crippen LogP contribution in [0.1, 0.15) is 45.6 Å². The van der Waals surface area contributed by atoms with Crippen LogP contribution in [0.5, 0.6) is 0 Å². The number of hydrogen-bond acceptors (Lipinski definition) is 6. The highest BCUT2D eigenvalue weighted by Crippen LogP contribution is 2.66. The van der Waals surface area contributed by atoms with Gasteiger partial charge in [0, 0.05) is 36.3 Å². The van der Waals surface area contributed by atoms with Gasteiger partial charge in [-0.3, -0.25) is 14.4 Å². The summed E-state index contributed by atoms with van der Waals surface area (Å²) in [6.45, 7) is 8.08. The third-order valence-electron chi connectivity index (χ3n) is 8.94. The van der Waals surface area contributed by atoms with Gasteiger partial charge in [-0.1, -0.05) is 37.3 Å². The molecule has 214 valence electrons. The quantitative estimate of drug-likeness (QED) is 0.385. The van der Waals surface area contributed by atoms with Gasteiger partial charge in [0.15, 0.2) is 0 Å². The molecule has 3 aliphatic rings. The van der Waals surface area contributed by atoms with Crippen LogP contribution in [0.15, 0.2) is 54.6 Å². The molecule has 8 nitrogen and oxygen atoms in total. The molecule has 3 fully saturated rings. The molecule has 40 heavy (non-hydrogen) atoms. The summed E-state index contributed by atoms with van der Waals surface area (Å²) in [5, 5.41) is 16.3. The number of carbonyl (C=O) groups is 3. The lowest BCUT2D eigenvalue weighted by molar-refractivity contribution is -0.142. The molecule has 0 aliphatic carbocycles. The Bertz CT molecular complexity index is 1220. The highest BCUT2D eigenvalue weighted by molar-refractivity contribution is 8.02. The van der Waals surface area contributed by atoms with Crippen LogP contribution in [0, 0.1) is 11.8 Å². The van der Waals surface area contributed by atoms with Crippen LogP contribution >= 0.6 is 11.8 Å². The molecule has 5 rings (SSSR count). The lowest BCUT2D eigenvalue weighted by Gasteiger charge is -2.36. The topological polar surface area (TPSA) is 102 Å². The lowest BCUT2D eigenvalue weighted by atomic mass is 9.70. The number of nitrogens with one attached hydrogen (secondary N) is 2. The van der Waals surface area contributed by atoms with E-state index in [1.54, 1.807) is 16.7 Å². The number of amides is 3. The van der Waals surface area contributed by atoms with Crippen LogP contribution in [0.25, 0.3) is 0 Å². The van der Waals surface area contributed by atoms with Gasteiger partial charge >= 0.3 is 0 Å². The predicted molar refractivity (Wildman–Crippen MR) is 159 cm³/mol. The highest BCUT2D eigenvalue weighted by Gasteiger charge is 2.74. The van der Waals surface area contributed by atoms with Gasteiger partial charge in [-0.25, -0.2) is 0 Å². The van der Waals surface area contributed by atoms with Gasteiger partial charge in [0.05, 0.1) is 29.2 Å². The fourth-order valence-electron chi connectivity index (χ4n) is 6.96. The van der Waals surface area contributed by atoms with E-state index in [1.807, 2.05) is 61.5 Å². The number of thioether (sulfide) groups is 1. The van der Waals surface area contributed by atoms with Crippen LogP contribution in [0.3, 0.4) is 0 Å². The Balaban J connectivity index is 1.41. The molecular formula is C31H40N4O4S. The van der Waals surface area contributed by atoms with Crippen molar-refractivity contribution in [1.82, 2.24) is 10.2 Å². The normalized spacial score (nSPS) is 27.4. The number of aliphatic hydroxyl groups excluding tert-OH is 1. The second-order valence-corrected chi connectivity index (χ2v) is 12.6. The summed E-state index contributed by atoms with van der Waals surface area (Å²) in [5.41, 5.74) is 2.75. The van der Waals surface area contributed by atoms with E-state index < -0.39 is 28.7 Å². The Kier molecular flexibility index (Phi) is 8.42. The summed E-state index contributed by atoms with van der Waals surface area (Å²) >= 11 is 1.64. The Hall–Kier alpha value is -3.04. The first kappa shape index (κ1) is 28.5. The van der Waals surface area contributed by atoms with Crippen LogP contribution < -0.4 is 15.5 Å². The minimum atomic E-state index is -0.758. The van der Waals surface area contributed by atoms with Gasteiger partial charge in [-0.05, 0) is 62.9 Å². The molecule has 3 saturated heterocycles. The molecule has 3 amide bonds.